The Labute approximate surface area is 162 Å². The SMILES string of the molecule is CCCCc1ccc2c(ccc3cc(-c4ccc(C(F)(F)F)cc4)ccc32)c1. The quantitative estimate of drug-likeness (QED) is 0.315. The zero-order valence-electron chi connectivity index (χ0n) is 15.7. The molecule has 0 radical (unpaired) electrons. The minimum Gasteiger partial charge on any atom is -0.166 e. The summed E-state index contributed by atoms with van der Waals surface area (Å²) in [5.41, 5.74) is 2.43. The van der Waals surface area contributed by atoms with Crippen LogP contribution in [0, 0.1) is 0 Å². The molecule has 0 aliphatic carbocycles. The van der Waals surface area contributed by atoms with Gasteiger partial charge in [-0.05, 0) is 69.3 Å². The van der Waals surface area contributed by atoms with E-state index in [1.54, 1.807) is 0 Å². The van der Waals surface area contributed by atoms with Crippen LogP contribution in [0.2, 0.25) is 0 Å². The number of fused-ring (bicyclic) bond motifs is 3. The Bertz CT molecular complexity index is 1120. The van der Waals surface area contributed by atoms with Crippen molar-refractivity contribution in [1.29, 1.82) is 0 Å². The predicted molar refractivity (Wildman–Crippen MR) is 111 cm³/mol. The van der Waals surface area contributed by atoms with Gasteiger partial charge in [0.2, 0.25) is 0 Å². The first-order chi connectivity index (χ1) is 13.5. The van der Waals surface area contributed by atoms with Crippen LogP contribution in [-0.4, -0.2) is 0 Å². The van der Waals surface area contributed by atoms with Gasteiger partial charge < -0.3 is 0 Å². The lowest BCUT2D eigenvalue weighted by atomic mass is 9.95. The van der Waals surface area contributed by atoms with E-state index in [1.165, 1.54) is 41.3 Å². The zero-order chi connectivity index (χ0) is 19.7. The van der Waals surface area contributed by atoms with Crippen LogP contribution in [0.25, 0.3) is 32.7 Å². The number of halogens is 3. The van der Waals surface area contributed by atoms with Crippen molar-refractivity contribution in [3.05, 3.63) is 83.9 Å². The Morgan fingerprint density at radius 3 is 1.93 bits per heavy atom. The molecule has 142 valence electrons. The van der Waals surface area contributed by atoms with E-state index >= 15 is 0 Å². The predicted octanol–water partition coefficient (Wildman–Crippen LogP) is 8.02. The third-order valence-electron chi connectivity index (χ3n) is 5.26. The summed E-state index contributed by atoms with van der Waals surface area (Å²) in [6, 6.07) is 22.3. The van der Waals surface area contributed by atoms with Crippen molar-refractivity contribution < 1.29 is 13.2 Å². The van der Waals surface area contributed by atoms with Gasteiger partial charge in [0.25, 0.3) is 0 Å². The number of unbranched alkanes of at least 4 members (excludes halogenated alkanes) is 1. The molecule has 0 spiro atoms. The third-order valence-corrected chi connectivity index (χ3v) is 5.26. The molecule has 0 aliphatic rings. The largest absolute Gasteiger partial charge is 0.416 e. The monoisotopic (exact) mass is 378 g/mol. The number of benzene rings is 4. The van der Waals surface area contributed by atoms with Crippen LogP contribution >= 0.6 is 0 Å². The normalized spacial score (nSPS) is 12.0. The maximum Gasteiger partial charge on any atom is 0.416 e. The van der Waals surface area contributed by atoms with E-state index in [-0.39, 0.29) is 0 Å². The summed E-state index contributed by atoms with van der Waals surface area (Å²) >= 11 is 0. The number of aryl methyl sites for hydroxylation is 1. The maximum absolute atomic E-state index is 12.8. The van der Waals surface area contributed by atoms with Gasteiger partial charge in [-0.3, -0.25) is 0 Å². The second-order valence-corrected chi connectivity index (χ2v) is 7.24. The van der Waals surface area contributed by atoms with Crippen LogP contribution in [0.3, 0.4) is 0 Å². The molecular formula is C25H21F3. The van der Waals surface area contributed by atoms with E-state index in [0.29, 0.717) is 0 Å². The second kappa shape index (κ2) is 7.31. The van der Waals surface area contributed by atoms with Gasteiger partial charge >= 0.3 is 6.18 Å². The molecule has 0 N–H and O–H groups in total. The van der Waals surface area contributed by atoms with Crippen LogP contribution in [0.15, 0.2) is 72.8 Å². The molecule has 0 saturated heterocycles. The van der Waals surface area contributed by atoms with E-state index in [9.17, 15) is 13.2 Å². The van der Waals surface area contributed by atoms with Crippen LogP contribution in [0.5, 0.6) is 0 Å². The maximum atomic E-state index is 12.8. The minimum atomic E-state index is -4.31. The lowest BCUT2D eigenvalue weighted by Gasteiger charge is -2.10. The topological polar surface area (TPSA) is 0 Å². The van der Waals surface area contributed by atoms with E-state index < -0.39 is 11.7 Å². The Morgan fingerprint density at radius 1 is 0.679 bits per heavy atom. The fraction of sp³-hybridized carbons (Fsp3) is 0.200. The van der Waals surface area contributed by atoms with Crippen molar-refractivity contribution in [1.82, 2.24) is 0 Å². The second-order valence-electron chi connectivity index (χ2n) is 7.24. The lowest BCUT2D eigenvalue weighted by Crippen LogP contribution is -2.03. The van der Waals surface area contributed by atoms with E-state index in [1.807, 2.05) is 12.1 Å². The molecule has 0 aromatic heterocycles. The molecule has 0 unspecified atom stereocenters. The van der Waals surface area contributed by atoms with Gasteiger partial charge in [0.15, 0.2) is 0 Å². The highest BCUT2D eigenvalue weighted by molar-refractivity contribution is 6.08. The molecule has 0 aliphatic heterocycles. The number of hydrogen-bond acceptors (Lipinski definition) is 0. The number of hydrogen-bond donors (Lipinski definition) is 0. The highest BCUT2D eigenvalue weighted by atomic mass is 19.4. The Kier molecular flexibility index (Phi) is 4.84. The van der Waals surface area contributed by atoms with Gasteiger partial charge in [0.1, 0.15) is 0 Å². The number of alkyl halides is 3. The summed E-state index contributed by atoms with van der Waals surface area (Å²) in [4.78, 5) is 0. The first-order valence-electron chi connectivity index (χ1n) is 9.59. The van der Waals surface area contributed by atoms with E-state index in [2.05, 4.69) is 43.3 Å². The van der Waals surface area contributed by atoms with Crippen LogP contribution in [0.4, 0.5) is 13.2 Å². The van der Waals surface area contributed by atoms with Gasteiger partial charge in [-0.15, -0.1) is 0 Å². The smallest absolute Gasteiger partial charge is 0.166 e. The Hall–Kier alpha value is -2.81. The Balaban J connectivity index is 1.72. The van der Waals surface area contributed by atoms with Gasteiger partial charge in [-0.2, -0.15) is 13.2 Å². The molecule has 0 bridgehead atoms. The first-order valence-corrected chi connectivity index (χ1v) is 9.59. The molecule has 0 amide bonds. The third kappa shape index (κ3) is 3.62. The van der Waals surface area contributed by atoms with Gasteiger partial charge in [0.05, 0.1) is 5.56 Å². The summed E-state index contributed by atoms with van der Waals surface area (Å²) in [5.74, 6) is 0. The lowest BCUT2D eigenvalue weighted by molar-refractivity contribution is -0.137. The van der Waals surface area contributed by atoms with Crippen molar-refractivity contribution in [2.75, 3.05) is 0 Å². The summed E-state index contributed by atoms with van der Waals surface area (Å²) in [6.07, 6.45) is -0.841. The molecule has 0 fully saturated rings. The Morgan fingerprint density at radius 2 is 1.29 bits per heavy atom. The average Bonchev–Trinajstić information content (AvgIpc) is 2.71. The van der Waals surface area contributed by atoms with Gasteiger partial charge in [-0.1, -0.05) is 67.9 Å². The highest BCUT2D eigenvalue weighted by Crippen LogP contribution is 2.33. The molecule has 4 aromatic rings. The summed E-state index contributed by atoms with van der Waals surface area (Å²) in [7, 11) is 0. The van der Waals surface area contributed by atoms with Crippen LogP contribution < -0.4 is 0 Å². The van der Waals surface area contributed by atoms with Crippen molar-refractivity contribution in [3.63, 3.8) is 0 Å². The molecular weight excluding hydrogens is 357 g/mol. The van der Waals surface area contributed by atoms with Crippen molar-refractivity contribution in [3.8, 4) is 11.1 Å². The van der Waals surface area contributed by atoms with Crippen molar-refractivity contribution in [2.45, 2.75) is 32.4 Å². The molecule has 0 saturated carbocycles. The molecule has 4 rings (SSSR count). The standard InChI is InChI=1S/C25H21F3/c1-2-3-4-17-5-13-23-20(15-17)6-7-21-16-19(10-14-24(21)23)18-8-11-22(12-9-18)25(26,27)28/h5-16H,2-4H2,1H3. The molecule has 0 atom stereocenters. The zero-order valence-corrected chi connectivity index (χ0v) is 15.7. The fourth-order valence-corrected chi connectivity index (χ4v) is 3.69. The van der Waals surface area contributed by atoms with Crippen molar-refractivity contribution >= 4 is 21.5 Å². The number of rotatable bonds is 4. The summed E-state index contributed by atoms with van der Waals surface area (Å²) in [6.45, 7) is 2.20. The summed E-state index contributed by atoms with van der Waals surface area (Å²) in [5, 5.41) is 4.68. The van der Waals surface area contributed by atoms with Crippen LogP contribution in [0.1, 0.15) is 30.9 Å². The average molecular weight is 378 g/mol. The fourth-order valence-electron chi connectivity index (χ4n) is 3.69. The molecule has 0 heterocycles. The minimum absolute atomic E-state index is 0.623. The highest BCUT2D eigenvalue weighted by Gasteiger charge is 2.29. The first kappa shape index (κ1) is 18.5. The molecule has 3 heteroatoms. The molecule has 4 aromatic carbocycles. The van der Waals surface area contributed by atoms with E-state index in [0.717, 1.165) is 40.5 Å². The van der Waals surface area contributed by atoms with Gasteiger partial charge in [0, 0.05) is 0 Å². The van der Waals surface area contributed by atoms with Crippen LogP contribution in [-0.2, 0) is 12.6 Å². The molecule has 28 heavy (non-hydrogen) atoms. The van der Waals surface area contributed by atoms with E-state index in [4.69, 9.17) is 0 Å². The summed E-state index contributed by atoms with van der Waals surface area (Å²) < 4.78 is 38.3. The van der Waals surface area contributed by atoms with Crippen molar-refractivity contribution in [2.24, 2.45) is 0 Å². The van der Waals surface area contributed by atoms with Gasteiger partial charge in [-0.25, -0.2) is 0 Å². The molecule has 0 nitrogen and oxygen atoms in total.